The van der Waals surface area contributed by atoms with E-state index in [1.807, 2.05) is 6.92 Å². The van der Waals surface area contributed by atoms with Crippen molar-refractivity contribution in [3.63, 3.8) is 0 Å². The van der Waals surface area contributed by atoms with Gasteiger partial charge in [-0.3, -0.25) is 0 Å². The second-order valence-electron chi connectivity index (χ2n) is 3.27. The maximum atomic E-state index is 5.83. The van der Waals surface area contributed by atoms with Crippen LogP contribution in [0.5, 0.6) is 5.88 Å². The number of aromatic nitrogens is 2. The van der Waals surface area contributed by atoms with Gasteiger partial charge in [0.05, 0.1) is 0 Å². The lowest BCUT2D eigenvalue weighted by molar-refractivity contribution is 0.113. The number of nitrogens with zero attached hydrogens (tertiary/aromatic N) is 2. The van der Waals surface area contributed by atoms with E-state index in [1.165, 1.54) is 12.7 Å². The van der Waals surface area contributed by atoms with Crippen molar-refractivity contribution < 1.29 is 4.74 Å². The minimum atomic E-state index is 0.338. The summed E-state index contributed by atoms with van der Waals surface area (Å²) >= 11 is 5.83. The number of hydrogen-bond acceptors (Lipinski definition) is 3. The minimum Gasteiger partial charge on any atom is -0.474 e. The predicted molar refractivity (Wildman–Crippen MR) is 50.0 cm³/mol. The van der Waals surface area contributed by atoms with Gasteiger partial charge in [-0.1, -0.05) is 11.6 Å². The molecule has 0 amide bonds. The molecule has 0 atom stereocenters. The molecule has 1 aromatic heterocycles. The van der Waals surface area contributed by atoms with Gasteiger partial charge >= 0.3 is 0 Å². The summed E-state index contributed by atoms with van der Waals surface area (Å²) in [7, 11) is 0. The highest BCUT2D eigenvalue weighted by Gasteiger charge is 2.20. The quantitative estimate of drug-likeness (QED) is 0.685. The van der Waals surface area contributed by atoms with Crippen molar-refractivity contribution in [3.8, 4) is 5.88 Å². The fourth-order valence-electron chi connectivity index (χ4n) is 1.18. The van der Waals surface area contributed by atoms with Crippen molar-refractivity contribution in [1.82, 2.24) is 9.97 Å². The molecule has 0 N–H and O–H groups in total. The van der Waals surface area contributed by atoms with E-state index in [0.717, 1.165) is 18.4 Å². The number of hydrogen-bond donors (Lipinski definition) is 0. The van der Waals surface area contributed by atoms with E-state index >= 15 is 0 Å². The van der Waals surface area contributed by atoms with Crippen LogP contribution < -0.4 is 4.74 Å². The fourth-order valence-corrected chi connectivity index (χ4v) is 1.30. The molecule has 0 aromatic carbocycles. The van der Waals surface area contributed by atoms with Gasteiger partial charge in [0.1, 0.15) is 17.6 Å². The molecule has 4 heteroatoms. The van der Waals surface area contributed by atoms with Crippen LogP contribution in [-0.2, 0) is 0 Å². The van der Waals surface area contributed by atoms with Gasteiger partial charge in [0.25, 0.3) is 0 Å². The third kappa shape index (κ3) is 1.75. The maximum absolute atomic E-state index is 5.83. The number of rotatable bonds is 2. The van der Waals surface area contributed by atoms with E-state index in [0.29, 0.717) is 17.1 Å². The average Bonchev–Trinajstić information content (AvgIpc) is 2.04. The van der Waals surface area contributed by atoms with E-state index in [4.69, 9.17) is 16.3 Å². The van der Waals surface area contributed by atoms with E-state index < -0.39 is 0 Å². The van der Waals surface area contributed by atoms with Gasteiger partial charge in [-0.15, -0.1) is 0 Å². The Kier molecular flexibility index (Phi) is 2.36. The van der Waals surface area contributed by atoms with Crippen molar-refractivity contribution in [1.29, 1.82) is 0 Å². The van der Waals surface area contributed by atoms with Crippen LogP contribution in [0.4, 0.5) is 0 Å². The Morgan fingerprint density at radius 1 is 1.46 bits per heavy atom. The van der Waals surface area contributed by atoms with Crippen LogP contribution in [0.15, 0.2) is 6.33 Å². The summed E-state index contributed by atoms with van der Waals surface area (Å²) in [6.45, 7) is 1.87. The third-order valence-corrected chi connectivity index (χ3v) is 2.69. The second-order valence-corrected chi connectivity index (χ2v) is 3.62. The van der Waals surface area contributed by atoms with Gasteiger partial charge < -0.3 is 4.74 Å². The van der Waals surface area contributed by atoms with Crippen LogP contribution in [0.3, 0.4) is 0 Å². The topological polar surface area (TPSA) is 35.0 Å². The second kappa shape index (κ2) is 3.50. The zero-order chi connectivity index (χ0) is 9.26. The molecule has 0 unspecified atom stereocenters. The summed E-state index contributed by atoms with van der Waals surface area (Å²) in [4.78, 5) is 7.91. The Hall–Kier alpha value is -0.830. The largest absolute Gasteiger partial charge is 0.474 e. The van der Waals surface area contributed by atoms with Crippen LogP contribution in [0.2, 0.25) is 5.15 Å². The first-order valence-corrected chi connectivity index (χ1v) is 4.79. The van der Waals surface area contributed by atoms with Crippen LogP contribution in [-0.4, -0.2) is 16.1 Å². The molecule has 1 heterocycles. The molecule has 13 heavy (non-hydrogen) atoms. The Balaban J connectivity index is 2.14. The highest BCUT2D eigenvalue weighted by molar-refractivity contribution is 6.30. The molecule has 2 rings (SSSR count). The van der Waals surface area contributed by atoms with Crippen LogP contribution in [0.1, 0.15) is 24.8 Å². The zero-order valence-corrected chi connectivity index (χ0v) is 8.21. The minimum absolute atomic E-state index is 0.338. The number of ether oxygens (including phenoxy) is 1. The standard InChI is InChI=1S/C9H11ClN2O/c1-6-8(10)11-5-12-9(6)13-7-3-2-4-7/h5,7H,2-4H2,1H3. The molecular weight excluding hydrogens is 188 g/mol. The molecular formula is C9H11ClN2O. The first kappa shape index (κ1) is 8.75. The Morgan fingerprint density at radius 3 is 2.85 bits per heavy atom. The van der Waals surface area contributed by atoms with Crippen LogP contribution in [0, 0.1) is 6.92 Å². The monoisotopic (exact) mass is 198 g/mol. The van der Waals surface area contributed by atoms with Crippen molar-refractivity contribution in [3.05, 3.63) is 17.0 Å². The molecule has 1 aliphatic carbocycles. The summed E-state index contributed by atoms with van der Waals surface area (Å²) in [5.41, 5.74) is 0.830. The van der Waals surface area contributed by atoms with Gasteiger partial charge in [-0.05, 0) is 26.2 Å². The Morgan fingerprint density at radius 2 is 2.23 bits per heavy atom. The number of halogens is 1. The van der Waals surface area contributed by atoms with Crippen molar-refractivity contribution in [2.45, 2.75) is 32.3 Å². The molecule has 0 saturated heterocycles. The molecule has 0 bridgehead atoms. The van der Waals surface area contributed by atoms with Crippen molar-refractivity contribution in [2.24, 2.45) is 0 Å². The normalized spacial score (nSPS) is 16.8. The lowest BCUT2D eigenvalue weighted by atomic mass is 9.96. The fraction of sp³-hybridized carbons (Fsp3) is 0.556. The van der Waals surface area contributed by atoms with Crippen LogP contribution >= 0.6 is 11.6 Å². The first-order valence-electron chi connectivity index (χ1n) is 4.41. The maximum Gasteiger partial charge on any atom is 0.221 e. The summed E-state index contributed by atoms with van der Waals surface area (Å²) in [5.74, 6) is 0.629. The molecule has 70 valence electrons. The molecule has 3 nitrogen and oxygen atoms in total. The first-order chi connectivity index (χ1) is 6.27. The Labute approximate surface area is 82.1 Å². The van der Waals surface area contributed by atoms with Gasteiger partial charge in [-0.2, -0.15) is 0 Å². The van der Waals surface area contributed by atoms with E-state index in [-0.39, 0.29) is 0 Å². The third-order valence-electron chi connectivity index (χ3n) is 2.31. The molecule has 0 spiro atoms. The summed E-state index contributed by atoms with van der Waals surface area (Å²) in [6, 6.07) is 0. The molecule has 1 aromatic rings. The van der Waals surface area contributed by atoms with Gasteiger partial charge in [-0.25, -0.2) is 9.97 Å². The highest BCUT2D eigenvalue weighted by atomic mass is 35.5. The smallest absolute Gasteiger partial charge is 0.221 e. The molecule has 0 aliphatic heterocycles. The average molecular weight is 199 g/mol. The van der Waals surface area contributed by atoms with Crippen molar-refractivity contribution in [2.75, 3.05) is 0 Å². The van der Waals surface area contributed by atoms with Gasteiger partial charge in [0.15, 0.2) is 0 Å². The Bertz CT molecular complexity index is 312. The predicted octanol–water partition coefficient (Wildman–Crippen LogP) is 2.37. The van der Waals surface area contributed by atoms with Crippen LogP contribution in [0.25, 0.3) is 0 Å². The zero-order valence-electron chi connectivity index (χ0n) is 7.46. The van der Waals surface area contributed by atoms with E-state index in [9.17, 15) is 0 Å². The molecule has 1 aliphatic rings. The summed E-state index contributed by atoms with van der Waals surface area (Å²) < 4.78 is 5.63. The lowest BCUT2D eigenvalue weighted by Crippen LogP contribution is -2.25. The van der Waals surface area contributed by atoms with E-state index in [2.05, 4.69) is 9.97 Å². The molecule has 0 radical (unpaired) electrons. The lowest BCUT2D eigenvalue weighted by Gasteiger charge is -2.26. The highest BCUT2D eigenvalue weighted by Crippen LogP contribution is 2.27. The summed E-state index contributed by atoms with van der Waals surface area (Å²) in [5, 5.41) is 0.476. The molecule has 1 saturated carbocycles. The van der Waals surface area contributed by atoms with Gasteiger partial charge in [0, 0.05) is 5.56 Å². The van der Waals surface area contributed by atoms with E-state index in [1.54, 1.807) is 0 Å². The van der Waals surface area contributed by atoms with Crippen molar-refractivity contribution >= 4 is 11.6 Å². The summed E-state index contributed by atoms with van der Waals surface area (Å²) in [6.07, 6.45) is 5.28. The SMILES string of the molecule is Cc1c(Cl)ncnc1OC1CCC1. The molecule has 1 fully saturated rings. The van der Waals surface area contributed by atoms with Gasteiger partial charge in [0.2, 0.25) is 5.88 Å².